The third-order valence-corrected chi connectivity index (χ3v) is 2.56. The van der Waals surface area contributed by atoms with Crippen LogP contribution in [0.1, 0.15) is 12.8 Å². The highest BCUT2D eigenvalue weighted by Gasteiger charge is 2.03. The Morgan fingerprint density at radius 1 is 0.769 bits per heavy atom. The van der Waals surface area contributed by atoms with Crippen LogP contribution in [-0.2, 0) is 4.74 Å². The van der Waals surface area contributed by atoms with Crippen LogP contribution in [0.4, 0.5) is 0 Å². The lowest BCUT2D eigenvalue weighted by Gasteiger charge is -2.21. The molecule has 2 aliphatic heterocycles. The highest BCUT2D eigenvalue weighted by atomic mass is 16.5. The molecule has 0 bridgehead atoms. The highest BCUT2D eigenvalue weighted by molar-refractivity contribution is 4.59. The standard InChI is InChI=1S/C5H11NO.C5H11N/c1-6-2-4-7-5-3-6;1-6-4-2-3-5-6/h2-5H2,1H3;2-5H2,1H3. The molecule has 2 aliphatic rings. The first kappa shape index (κ1) is 11.0. The minimum Gasteiger partial charge on any atom is -0.379 e. The van der Waals surface area contributed by atoms with Gasteiger partial charge in [-0.15, -0.1) is 0 Å². The van der Waals surface area contributed by atoms with E-state index in [4.69, 9.17) is 4.74 Å². The van der Waals surface area contributed by atoms with Crippen molar-refractivity contribution in [2.75, 3.05) is 53.5 Å². The number of ether oxygens (including phenoxy) is 1. The molecule has 2 saturated heterocycles. The van der Waals surface area contributed by atoms with E-state index in [1.165, 1.54) is 25.9 Å². The Balaban J connectivity index is 0.000000132. The van der Waals surface area contributed by atoms with E-state index < -0.39 is 0 Å². The molecule has 13 heavy (non-hydrogen) atoms. The van der Waals surface area contributed by atoms with Gasteiger partial charge < -0.3 is 14.5 Å². The van der Waals surface area contributed by atoms with Crippen LogP contribution in [0, 0.1) is 0 Å². The Morgan fingerprint density at radius 2 is 1.23 bits per heavy atom. The number of hydrogen-bond acceptors (Lipinski definition) is 3. The van der Waals surface area contributed by atoms with Crippen molar-refractivity contribution < 1.29 is 4.74 Å². The molecule has 78 valence electrons. The molecule has 0 amide bonds. The highest BCUT2D eigenvalue weighted by Crippen LogP contribution is 2.02. The number of nitrogens with zero attached hydrogens (tertiary/aromatic N) is 2. The fourth-order valence-electron chi connectivity index (χ4n) is 1.53. The average Bonchev–Trinajstić information content (AvgIpc) is 2.58. The maximum atomic E-state index is 5.10. The van der Waals surface area contributed by atoms with Crippen molar-refractivity contribution in [1.29, 1.82) is 0 Å². The van der Waals surface area contributed by atoms with Crippen molar-refractivity contribution in [2.45, 2.75) is 12.8 Å². The Labute approximate surface area is 81.7 Å². The van der Waals surface area contributed by atoms with E-state index in [-0.39, 0.29) is 0 Å². The van der Waals surface area contributed by atoms with Gasteiger partial charge in [0.15, 0.2) is 0 Å². The Hall–Kier alpha value is -0.120. The van der Waals surface area contributed by atoms with E-state index in [1.807, 2.05) is 0 Å². The SMILES string of the molecule is CN1CCCC1.CN1CCOCC1. The zero-order valence-electron chi connectivity index (χ0n) is 8.96. The lowest BCUT2D eigenvalue weighted by molar-refractivity contribution is 0.0503. The molecule has 2 rings (SSSR count). The first-order valence-corrected chi connectivity index (χ1v) is 5.24. The van der Waals surface area contributed by atoms with Gasteiger partial charge in [0.1, 0.15) is 0 Å². The van der Waals surface area contributed by atoms with Gasteiger partial charge in [-0.25, -0.2) is 0 Å². The number of hydrogen-bond donors (Lipinski definition) is 0. The molecular formula is C10H22N2O. The molecule has 0 saturated carbocycles. The summed E-state index contributed by atoms with van der Waals surface area (Å²) in [5.41, 5.74) is 0. The van der Waals surface area contributed by atoms with Crippen LogP contribution >= 0.6 is 0 Å². The minimum atomic E-state index is 0.913. The Bertz CT molecular complexity index is 118. The van der Waals surface area contributed by atoms with Crippen LogP contribution in [0.3, 0.4) is 0 Å². The van der Waals surface area contributed by atoms with E-state index in [1.54, 1.807) is 0 Å². The summed E-state index contributed by atoms with van der Waals surface area (Å²) in [5, 5.41) is 0. The third-order valence-electron chi connectivity index (χ3n) is 2.56. The maximum Gasteiger partial charge on any atom is 0.0594 e. The number of likely N-dealkylation sites (tertiary alicyclic amines) is 1. The summed E-state index contributed by atoms with van der Waals surface area (Å²) >= 11 is 0. The Kier molecular flexibility index (Phi) is 5.35. The topological polar surface area (TPSA) is 15.7 Å². The van der Waals surface area contributed by atoms with Crippen molar-refractivity contribution in [2.24, 2.45) is 0 Å². The molecule has 2 heterocycles. The van der Waals surface area contributed by atoms with Crippen molar-refractivity contribution in [3.05, 3.63) is 0 Å². The molecule has 0 unspecified atom stereocenters. The van der Waals surface area contributed by atoms with Gasteiger partial charge in [0.05, 0.1) is 13.2 Å². The van der Waals surface area contributed by atoms with Crippen LogP contribution in [0.15, 0.2) is 0 Å². The van der Waals surface area contributed by atoms with Gasteiger partial charge in [-0.3, -0.25) is 0 Å². The van der Waals surface area contributed by atoms with Gasteiger partial charge in [-0.2, -0.15) is 0 Å². The van der Waals surface area contributed by atoms with Crippen LogP contribution < -0.4 is 0 Å². The van der Waals surface area contributed by atoms with Crippen molar-refractivity contribution in [1.82, 2.24) is 9.80 Å². The molecule has 0 atom stereocenters. The normalized spacial score (nSPS) is 25.4. The second kappa shape index (κ2) is 6.35. The van der Waals surface area contributed by atoms with Gasteiger partial charge in [-0.1, -0.05) is 0 Å². The smallest absolute Gasteiger partial charge is 0.0594 e. The van der Waals surface area contributed by atoms with Crippen molar-refractivity contribution in [3.8, 4) is 0 Å². The molecule has 0 aromatic heterocycles. The summed E-state index contributed by atoms with van der Waals surface area (Å²) in [7, 11) is 4.29. The molecule has 0 N–H and O–H groups in total. The quantitative estimate of drug-likeness (QED) is 0.553. The number of morpholine rings is 1. The summed E-state index contributed by atoms with van der Waals surface area (Å²) in [5.74, 6) is 0. The average molecular weight is 186 g/mol. The fraction of sp³-hybridized carbons (Fsp3) is 1.00. The summed E-state index contributed by atoms with van der Waals surface area (Å²) in [4.78, 5) is 4.63. The van der Waals surface area contributed by atoms with Gasteiger partial charge in [-0.05, 0) is 40.0 Å². The zero-order valence-corrected chi connectivity index (χ0v) is 8.96. The van der Waals surface area contributed by atoms with Crippen LogP contribution in [0.2, 0.25) is 0 Å². The second-order valence-electron chi connectivity index (χ2n) is 3.93. The monoisotopic (exact) mass is 186 g/mol. The first-order chi connectivity index (χ1) is 6.29. The lowest BCUT2D eigenvalue weighted by atomic mass is 10.4. The van der Waals surface area contributed by atoms with Crippen LogP contribution in [0.5, 0.6) is 0 Å². The molecule has 0 aliphatic carbocycles. The molecule has 3 nitrogen and oxygen atoms in total. The third kappa shape index (κ3) is 5.24. The summed E-state index contributed by atoms with van der Waals surface area (Å²) in [6.07, 6.45) is 2.83. The largest absolute Gasteiger partial charge is 0.379 e. The van der Waals surface area contributed by atoms with E-state index >= 15 is 0 Å². The number of rotatable bonds is 0. The van der Waals surface area contributed by atoms with E-state index in [9.17, 15) is 0 Å². The molecule has 0 spiro atoms. The molecular weight excluding hydrogens is 164 g/mol. The lowest BCUT2D eigenvalue weighted by Crippen LogP contribution is -2.32. The van der Waals surface area contributed by atoms with E-state index in [0.717, 1.165) is 26.3 Å². The molecule has 0 aromatic carbocycles. The second-order valence-corrected chi connectivity index (χ2v) is 3.93. The van der Waals surface area contributed by atoms with Gasteiger partial charge in [0, 0.05) is 13.1 Å². The van der Waals surface area contributed by atoms with Gasteiger partial charge in [0.2, 0.25) is 0 Å². The van der Waals surface area contributed by atoms with E-state index in [0.29, 0.717) is 0 Å². The molecule has 2 fully saturated rings. The summed E-state index contributed by atoms with van der Waals surface area (Å²) < 4.78 is 5.10. The zero-order chi connectivity index (χ0) is 9.52. The predicted molar refractivity (Wildman–Crippen MR) is 55.0 cm³/mol. The van der Waals surface area contributed by atoms with Crippen molar-refractivity contribution >= 4 is 0 Å². The Morgan fingerprint density at radius 3 is 1.46 bits per heavy atom. The molecule has 0 radical (unpaired) electrons. The predicted octanol–water partition coefficient (Wildman–Crippen LogP) is 0.660. The van der Waals surface area contributed by atoms with Crippen molar-refractivity contribution in [3.63, 3.8) is 0 Å². The van der Waals surface area contributed by atoms with Crippen LogP contribution in [-0.4, -0.2) is 63.3 Å². The summed E-state index contributed by atoms with van der Waals surface area (Å²) in [6, 6.07) is 0. The summed E-state index contributed by atoms with van der Waals surface area (Å²) in [6.45, 7) is 6.66. The number of likely N-dealkylation sites (N-methyl/N-ethyl adjacent to an activating group) is 1. The molecule has 0 aromatic rings. The van der Waals surface area contributed by atoms with Gasteiger partial charge >= 0.3 is 0 Å². The minimum absolute atomic E-state index is 0.913. The maximum absolute atomic E-state index is 5.10. The van der Waals surface area contributed by atoms with Gasteiger partial charge in [0.25, 0.3) is 0 Å². The fourth-order valence-corrected chi connectivity index (χ4v) is 1.53. The van der Waals surface area contributed by atoms with E-state index in [2.05, 4.69) is 23.9 Å². The van der Waals surface area contributed by atoms with Crippen LogP contribution in [0.25, 0.3) is 0 Å². The molecule has 3 heteroatoms. The first-order valence-electron chi connectivity index (χ1n) is 5.24.